The highest BCUT2D eigenvalue weighted by Crippen LogP contribution is 2.39. The fraction of sp³-hybridized carbons (Fsp3) is 0.538. The molecule has 0 aromatic heterocycles. The maximum absolute atomic E-state index is 6.15. The van der Waals surface area contributed by atoms with Crippen LogP contribution in [0, 0.1) is 0 Å². The summed E-state index contributed by atoms with van der Waals surface area (Å²) in [5.41, 5.74) is 7.10. The van der Waals surface area contributed by atoms with Crippen molar-refractivity contribution in [1.29, 1.82) is 0 Å². The molecule has 0 aliphatic heterocycles. The van der Waals surface area contributed by atoms with E-state index >= 15 is 0 Å². The van der Waals surface area contributed by atoms with Crippen LogP contribution in [-0.2, 0) is 4.74 Å². The van der Waals surface area contributed by atoms with E-state index < -0.39 is 0 Å². The second-order valence-electron chi connectivity index (χ2n) is 3.80. The Kier molecular flexibility index (Phi) is 6.46. The van der Waals surface area contributed by atoms with E-state index in [4.69, 9.17) is 19.9 Å². The van der Waals surface area contributed by atoms with Crippen LogP contribution in [0.3, 0.4) is 0 Å². The molecule has 5 heteroatoms. The van der Waals surface area contributed by atoms with E-state index in [0.717, 1.165) is 28.0 Å². The van der Waals surface area contributed by atoms with Gasteiger partial charge >= 0.3 is 0 Å². The van der Waals surface area contributed by atoms with E-state index in [1.165, 1.54) is 0 Å². The highest BCUT2D eigenvalue weighted by molar-refractivity contribution is 9.10. The molecule has 0 fully saturated rings. The molecule has 0 aliphatic carbocycles. The van der Waals surface area contributed by atoms with Crippen molar-refractivity contribution >= 4 is 15.9 Å². The average molecular weight is 318 g/mol. The van der Waals surface area contributed by atoms with Crippen molar-refractivity contribution < 1.29 is 14.2 Å². The van der Waals surface area contributed by atoms with Crippen molar-refractivity contribution in [3.05, 3.63) is 22.2 Å². The summed E-state index contributed by atoms with van der Waals surface area (Å²) in [6, 6.07) is 3.69. The number of rotatable bonds is 7. The van der Waals surface area contributed by atoms with Crippen molar-refractivity contribution in [2.24, 2.45) is 5.73 Å². The number of benzene rings is 1. The first-order valence-electron chi connectivity index (χ1n) is 5.89. The summed E-state index contributed by atoms with van der Waals surface area (Å²) in [6.45, 7) is 3.32. The van der Waals surface area contributed by atoms with Gasteiger partial charge in [0.15, 0.2) is 0 Å². The third-order valence-electron chi connectivity index (χ3n) is 2.69. The molecule has 1 rings (SSSR count). The highest BCUT2D eigenvalue weighted by Gasteiger charge is 2.17. The fourth-order valence-corrected chi connectivity index (χ4v) is 2.40. The highest BCUT2D eigenvalue weighted by atomic mass is 79.9. The van der Waals surface area contributed by atoms with Crippen LogP contribution >= 0.6 is 15.9 Å². The monoisotopic (exact) mass is 317 g/mol. The largest absolute Gasteiger partial charge is 0.495 e. The molecule has 1 aromatic rings. The molecule has 0 saturated carbocycles. The van der Waals surface area contributed by atoms with Crippen LogP contribution in [0.4, 0.5) is 0 Å². The van der Waals surface area contributed by atoms with E-state index in [0.29, 0.717) is 13.2 Å². The van der Waals surface area contributed by atoms with E-state index in [9.17, 15) is 0 Å². The summed E-state index contributed by atoms with van der Waals surface area (Å²) in [6.07, 6.45) is 0.753. The Balaban J connectivity index is 2.90. The SMILES string of the molecule is CCOCCC(N)c1ccc(OC)c(Br)c1OC. The molecule has 0 radical (unpaired) electrons. The number of methoxy groups -OCH3 is 2. The standard InChI is InChI=1S/C13H20BrNO3/c1-4-18-8-7-10(15)9-5-6-11(16-2)12(14)13(9)17-3/h5-6,10H,4,7-8,15H2,1-3H3. The number of halogens is 1. The van der Waals surface area contributed by atoms with Crippen molar-refractivity contribution in [2.75, 3.05) is 27.4 Å². The van der Waals surface area contributed by atoms with Crippen LogP contribution in [0.2, 0.25) is 0 Å². The lowest BCUT2D eigenvalue weighted by atomic mass is 10.0. The molecule has 0 amide bonds. The van der Waals surface area contributed by atoms with Crippen molar-refractivity contribution in [3.8, 4) is 11.5 Å². The van der Waals surface area contributed by atoms with Gasteiger partial charge < -0.3 is 19.9 Å². The van der Waals surface area contributed by atoms with Gasteiger partial charge in [-0.15, -0.1) is 0 Å². The zero-order valence-corrected chi connectivity index (χ0v) is 12.6. The fourth-order valence-electron chi connectivity index (χ4n) is 1.72. The average Bonchev–Trinajstić information content (AvgIpc) is 2.38. The van der Waals surface area contributed by atoms with Gasteiger partial charge in [-0.2, -0.15) is 0 Å². The van der Waals surface area contributed by atoms with Gasteiger partial charge in [-0.1, -0.05) is 0 Å². The zero-order chi connectivity index (χ0) is 13.5. The molecule has 18 heavy (non-hydrogen) atoms. The smallest absolute Gasteiger partial charge is 0.141 e. The van der Waals surface area contributed by atoms with Crippen molar-refractivity contribution in [1.82, 2.24) is 0 Å². The molecule has 2 N–H and O–H groups in total. The Labute approximate surface area is 117 Å². The topological polar surface area (TPSA) is 53.7 Å². The number of ether oxygens (including phenoxy) is 3. The van der Waals surface area contributed by atoms with Gasteiger partial charge in [0, 0.05) is 24.8 Å². The summed E-state index contributed by atoms with van der Waals surface area (Å²) >= 11 is 3.47. The maximum atomic E-state index is 6.15. The second kappa shape index (κ2) is 7.61. The second-order valence-corrected chi connectivity index (χ2v) is 4.59. The third-order valence-corrected chi connectivity index (χ3v) is 3.44. The minimum Gasteiger partial charge on any atom is -0.495 e. The maximum Gasteiger partial charge on any atom is 0.141 e. The van der Waals surface area contributed by atoms with Crippen LogP contribution in [0.1, 0.15) is 24.9 Å². The molecule has 0 aliphatic rings. The molecule has 1 unspecified atom stereocenters. The van der Waals surface area contributed by atoms with Gasteiger partial charge in [-0.25, -0.2) is 0 Å². The quantitative estimate of drug-likeness (QED) is 0.786. The molecule has 0 heterocycles. The van der Waals surface area contributed by atoms with E-state index in [-0.39, 0.29) is 6.04 Å². The van der Waals surface area contributed by atoms with Crippen LogP contribution < -0.4 is 15.2 Å². The van der Waals surface area contributed by atoms with Crippen LogP contribution in [0.15, 0.2) is 16.6 Å². The molecule has 1 aromatic carbocycles. The Morgan fingerprint density at radius 1 is 1.28 bits per heavy atom. The Morgan fingerprint density at radius 3 is 2.56 bits per heavy atom. The summed E-state index contributed by atoms with van der Waals surface area (Å²) in [4.78, 5) is 0. The third kappa shape index (κ3) is 3.60. The van der Waals surface area contributed by atoms with Gasteiger partial charge in [0.05, 0.1) is 14.2 Å². The summed E-state index contributed by atoms with van der Waals surface area (Å²) in [5, 5.41) is 0. The Bertz CT molecular complexity index is 385. The van der Waals surface area contributed by atoms with Gasteiger partial charge in [0.2, 0.25) is 0 Å². The lowest BCUT2D eigenvalue weighted by Gasteiger charge is -2.18. The van der Waals surface area contributed by atoms with Crippen molar-refractivity contribution in [3.63, 3.8) is 0 Å². The lowest BCUT2D eigenvalue weighted by molar-refractivity contribution is 0.139. The minimum absolute atomic E-state index is 0.117. The van der Waals surface area contributed by atoms with Gasteiger partial charge in [-0.3, -0.25) is 0 Å². The lowest BCUT2D eigenvalue weighted by Crippen LogP contribution is -2.14. The molecule has 0 bridgehead atoms. The summed E-state index contributed by atoms with van der Waals surface area (Å²) in [7, 11) is 3.24. The summed E-state index contributed by atoms with van der Waals surface area (Å²) in [5.74, 6) is 1.45. The number of hydrogen-bond acceptors (Lipinski definition) is 4. The Morgan fingerprint density at radius 2 is 2.00 bits per heavy atom. The van der Waals surface area contributed by atoms with Gasteiger partial charge in [0.1, 0.15) is 16.0 Å². The predicted molar refractivity (Wildman–Crippen MR) is 75.3 cm³/mol. The first-order valence-corrected chi connectivity index (χ1v) is 6.68. The molecule has 4 nitrogen and oxygen atoms in total. The van der Waals surface area contributed by atoms with E-state index in [2.05, 4.69) is 15.9 Å². The molecule has 0 saturated heterocycles. The van der Waals surface area contributed by atoms with Crippen LogP contribution in [0.5, 0.6) is 11.5 Å². The molecular formula is C13H20BrNO3. The van der Waals surface area contributed by atoms with E-state index in [1.54, 1.807) is 14.2 Å². The first kappa shape index (κ1) is 15.3. The first-order chi connectivity index (χ1) is 8.65. The molecule has 0 spiro atoms. The van der Waals surface area contributed by atoms with Gasteiger partial charge in [0.25, 0.3) is 0 Å². The molecule has 102 valence electrons. The molecular weight excluding hydrogens is 298 g/mol. The van der Waals surface area contributed by atoms with Crippen LogP contribution in [-0.4, -0.2) is 27.4 Å². The van der Waals surface area contributed by atoms with Gasteiger partial charge in [-0.05, 0) is 41.4 Å². The predicted octanol–water partition coefficient (Wildman–Crippen LogP) is 2.89. The van der Waals surface area contributed by atoms with E-state index in [1.807, 2.05) is 19.1 Å². The van der Waals surface area contributed by atoms with Crippen molar-refractivity contribution in [2.45, 2.75) is 19.4 Å². The minimum atomic E-state index is -0.117. The summed E-state index contributed by atoms with van der Waals surface area (Å²) < 4.78 is 16.7. The number of hydrogen-bond donors (Lipinski definition) is 1. The Hall–Kier alpha value is -0.780. The van der Waals surface area contributed by atoms with Crippen LogP contribution in [0.25, 0.3) is 0 Å². The number of nitrogens with two attached hydrogens (primary N) is 1. The zero-order valence-electron chi connectivity index (χ0n) is 11.0. The molecule has 1 atom stereocenters. The normalized spacial score (nSPS) is 12.3.